The number of rotatable bonds is 9. The van der Waals surface area contributed by atoms with Gasteiger partial charge in [-0.05, 0) is 49.3 Å². The number of benzene rings is 2. The van der Waals surface area contributed by atoms with E-state index >= 15 is 0 Å². The maximum absolute atomic E-state index is 10.6. The molecule has 0 amide bonds. The van der Waals surface area contributed by atoms with E-state index in [-0.39, 0.29) is 5.75 Å². The van der Waals surface area contributed by atoms with Crippen LogP contribution in [0.4, 0.5) is 0 Å². The normalized spacial score (nSPS) is 12.6. The summed E-state index contributed by atoms with van der Waals surface area (Å²) in [7, 11) is 1.67. The summed E-state index contributed by atoms with van der Waals surface area (Å²) in [6.45, 7) is 8.12. The lowest BCUT2D eigenvalue weighted by Gasteiger charge is -2.15. The van der Waals surface area contributed by atoms with Crippen LogP contribution in [0.5, 0.6) is 17.2 Å². The first kappa shape index (κ1) is 21.0. The molecule has 0 spiro atoms. The molecule has 28 heavy (non-hydrogen) atoms. The number of phenolic OH excluding ortho intramolecular Hbond substituents is 1. The molecule has 1 N–H and O–H groups in total. The molecule has 0 aliphatic carbocycles. The third kappa shape index (κ3) is 5.61. The Morgan fingerprint density at radius 2 is 1.89 bits per heavy atom. The van der Waals surface area contributed by atoms with Gasteiger partial charge in [-0.1, -0.05) is 43.9 Å². The maximum atomic E-state index is 10.6. The quantitative estimate of drug-likeness (QED) is 0.347. The molecule has 0 atom stereocenters. The van der Waals surface area contributed by atoms with Crippen molar-refractivity contribution in [2.24, 2.45) is 4.99 Å². The van der Waals surface area contributed by atoms with Gasteiger partial charge in [0.2, 0.25) is 0 Å². The summed E-state index contributed by atoms with van der Waals surface area (Å²) in [6, 6.07) is 14.6. The number of ether oxygens (including phenoxy) is 2. The number of allylic oxidation sites excluding steroid dienone is 3. The van der Waals surface area contributed by atoms with Gasteiger partial charge in [-0.2, -0.15) is 0 Å². The van der Waals surface area contributed by atoms with Crippen molar-refractivity contribution < 1.29 is 14.6 Å². The fraction of sp³-hybridized carbons (Fsp3) is 0.208. The van der Waals surface area contributed by atoms with Gasteiger partial charge in [0.1, 0.15) is 35.3 Å². The molecule has 2 aromatic rings. The Morgan fingerprint density at radius 3 is 2.46 bits per heavy atom. The summed E-state index contributed by atoms with van der Waals surface area (Å²) in [5, 5.41) is 10.6. The second-order valence-corrected chi connectivity index (χ2v) is 6.00. The summed E-state index contributed by atoms with van der Waals surface area (Å²) in [5.41, 5.74) is 2.15. The summed E-state index contributed by atoms with van der Waals surface area (Å²) < 4.78 is 11.7. The van der Waals surface area contributed by atoms with E-state index < -0.39 is 0 Å². The van der Waals surface area contributed by atoms with Crippen molar-refractivity contribution >= 4 is 5.71 Å². The molecule has 0 saturated carbocycles. The van der Waals surface area contributed by atoms with Crippen LogP contribution < -0.4 is 9.47 Å². The van der Waals surface area contributed by atoms with Crippen molar-refractivity contribution in [3.8, 4) is 17.2 Å². The van der Waals surface area contributed by atoms with Crippen LogP contribution in [-0.2, 0) is 0 Å². The first-order valence-electron chi connectivity index (χ1n) is 9.26. The molecule has 0 aliphatic heterocycles. The van der Waals surface area contributed by atoms with E-state index in [0.717, 1.165) is 12.0 Å². The first-order valence-corrected chi connectivity index (χ1v) is 9.26. The average molecular weight is 377 g/mol. The highest BCUT2D eigenvalue weighted by Crippen LogP contribution is 2.27. The summed E-state index contributed by atoms with van der Waals surface area (Å²) in [5.74, 6) is 1.92. The number of hydrogen-bond donors (Lipinski definition) is 1. The van der Waals surface area contributed by atoms with Crippen LogP contribution in [-0.4, -0.2) is 24.5 Å². The predicted molar refractivity (Wildman–Crippen MR) is 115 cm³/mol. The minimum absolute atomic E-state index is 0.0775. The number of aromatic hydroxyl groups is 1. The molecule has 0 aliphatic rings. The SMILES string of the molecule is C=C/C(=C\CC)COc1ccc(C(=NC)/C(=C/C)Oc2ccccc2)c(O)c1. The van der Waals surface area contributed by atoms with Gasteiger partial charge >= 0.3 is 0 Å². The van der Waals surface area contributed by atoms with Crippen LogP contribution in [0, 0.1) is 0 Å². The Morgan fingerprint density at radius 1 is 1.14 bits per heavy atom. The molecule has 0 bridgehead atoms. The molecule has 0 unspecified atom stereocenters. The molecule has 0 aromatic heterocycles. The van der Waals surface area contributed by atoms with Crippen molar-refractivity contribution in [1.82, 2.24) is 0 Å². The molecule has 0 fully saturated rings. The van der Waals surface area contributed by atoms with Crippen LogP contribution in [0.25, 0.3) is 0 Å². The summed E-state index contributed by atoms with van der Waals surface area (Å²) in [4.78, 5) is 4.33. The van der Waals surface area contributed by atoms with Gasteiger partial charge < -0.3 is 14.6 Å². The smallest absolute Gasteiger partial charge is 0.149 e. The minimum Gasteiger partial charge on any atom is -0.507 e. The van der Waals surface area contributed by atoms with E-state index in [1.54, 1.807) is 25.3 Å². The van der Waals surface area contributed by atoms with Gasteiger partial charge in [-0.15, -0.1) is 0 Å². The Hall–Kier alpha value is -3.27. The van der Waals surface area contributed by atoms with Crippen LogP contribution >= 0.6 is 0 Å². The molecule has 0 saturated heterocycles. The van der Waals surface area contributed by atoms with E-state index in [0.29, 0.717) is 35.1 Å². The monoisotopic (exact) mass is 377 g/mol. The molecule has 0 radical (unpaired) electrons. The predicted octanol–water partition coefficient (Wildman–Crippen LogP) is 5.70. The van der Waals surface area contributed by atoms with E-state index in [2.05, 4.69) is 24.6 Å². The van der Waals surface area contributed by atoms with Gasteiger partial charge in [-0.25, -0.2) is 0 Å². The van der Waals surface area contributed by atoms with E-state index in [9.17, 15) is 5.11 Å². The molecule has 2 rings (SSSR count). The molecule has 4 nitrogen and oxygen atoms in total. The molecule has 4 heteroatoms. The van der Waals surface area contributed by atoms with E-state index in [1.807, 2.05) is 49.4 Å². The second-order valence-electron chi connectivity index (χ2n) is 6.00. The van der Waals surface area contributed by atoms with Gasteiger partial charge in [-0.3, -0.25) is 4.99 Å². The Labute approximate surface area is 167 Å². The highest BCUT2D eigenvalue weighted by Gasteiger charge is 2.16. The minimum atomic E-state index is 0.0775. The molecule has 0 heterocycles. The molecule has 2 aromatic carbocycles. The van der Waals surface area contributed by atoms with Gasteiger partial charge in [0.05, 0.1) is 0 Å². The molecule has 146 valence electrons. The maximum Gasteiger partial charge on any atom is 0.149 e. The number of phenols is 1. The van der Waals surface area contributed by atoms with Crippen molar-refractivity contribution in [1.29, 1.82) is 0 Å². The van der Waals surface area contributed by atoms with Crippen molar-refractivity contribution in [2.45, 2.75) is 20.3 Å². The lowest BCUT2D eigenvalue weighted by molar-refractivity contribution is 0.352. The van der Waals surface area contributed by atoms with Crippen LogP contribution in [0.3, 0.4) is 0 Å². The highest BCUT2D eigenvalue weighted by molar-refractivity contribution is 6.13. The average Bonchev–Trinajstić information content (AvgIpc) is 2.72. The highest BCUT2D eigenvalue weighted by atomic mass is 16.5. The Balaban J connectivity index is 2.20. The number of nitrogens with zero attached hydrogens (tertiary/aromatic N) is 1. The first-order chi connectivity index (χ1) is 13.6. The van der Waals surface area contributed by atoms with Gasteiger partial charge in [0.25, 0.3) is 0 Å². The third-order valence-corrected chi connectivity index (χ3v) is 4.05. The van der Waals surface area contributed by atoms with Crippen molar-refractivity contribution in [3.05, 3.63) is 90.2 Å². The zero-order chi connectivity index (χ0) is 20.4. The van der Waals surface area contributed by atoms with Crippen molar-refractivity contribution in [2.75, 3.05) is 13.7 Å². The van der Waals surface area contributed by atoms with Gasteiger partial charge in [0.15, 0.2) is 0 Å². The van der Waals surface area contributed by atoms with Crippen molar-refractivity contribution in [3.63, 3.8) is 0 Å². The zero-order valence-corrected chi connectivity index (χ0v) is 16.7. The van der Waals surface area contributed by atoms with E-state index in [4.69, 9.17) is 9.47 Å². The van der Waals surface area contributed by atoms with Crippen LogP contribution in [0.2, 0.25) is 0 Å². The Kier molecular flexibility index (Phi) is 8.10. The number of hydrogen-bond acceptors (Lipinski definition) is 4. The van der Waals surface area contributed by atoms with Crippen LogP contribution in [0.15, 0.2) is 89.7 Å². The number of para-hydroxylation sites is 1. The van der Waals surface area contributed by atoms with Gasteiger partial charge in [0, 0.05) is 18.7 Å². The fourth-order valence-electron chi connectivity index (χ4n) is 2.65. The Bertz CT molecular complexity index is 880. The number of aliphatic imine (C=N–C) groups is 1. The molecular formula is C24H27NO3. The zero-order valence-electron chi connectivity index (χ0n) is 16.7. The fourth-order valence-corrected chi connectivity index (χ4v) is 2.65. The van der Waals surface area contributed by atoms with E-state index in [1.165, 1.54) is 0 Å². The topological polar surface area (TPSA) is 51.0 Å². The lowest BCUT2D eigenvalue weighted by atomic mass is 10.1. The largest absolute Gasteiger partial charge is 0.507 e. The lowest BCUT2D eigenvalue weighted by Crippen LogP contribution is -2.11. The standard InChI is InChI=1S/C24H27NO3/c1-5-11-18(6-2)17-27-20-14-15-21(22(26)16-20)24(25-4)23(7-3)28-19-12-9-8-10-13-19/h6-16,26H,2,5,17H2,1,3-4H3/b18-11+,23-7-,25-24?. The molecular weight excluding hydrogens is 350 g/mol. The third-order valence-electron chi connectivity index (χ3n) is 4.05. The summed E-state index contributed by atoms with van der Waals surface area (Å²) >= 11 is 0. The van der Waals surface area contributed by atoms with Crippen LogP contribution in [0.1, 0.15) is 25.8 Å². The second kappa shape index (κ2) is 10.8. The summed E-state index contributed by atoms with van der Waals surface area (Å²) in [6.07, 6.45) is 6.57.